The van der Waals surface area contributed by atoms with Gasteiger partial charge in [-0.1, -0.05) is 30.4 Å². The number of carbonyl (C=O) groups excluding carboxylic acids is 1. The zero-order valence-electron chi connectivity index (χ0n) is 19.1. The summed E-state index contributed by atoms with van der Waals surface area (Å²) in [6, 6.07) is 11.5. The summed E-state index contributed by atoms with van der Waals surface area (Å²) in [4.78, 5) is 41.5. The molecule has 7 heteroatoms. The summed E-state index contributed by atoms with van der Waals surface area (Å²) in [6.45, 7) is 0. The van der Waals surface area contributed by atoms with E-state index in [1.807, 2.05) is 24.3 Å². The van der Waals surface area contributed by atoms with Crippen LogP contribution in [0.3, 0.4) is 0 Å². The summed E-state index contributed by atoms with van der Waals surface area (Å²) < 4.78 is 1.81. The average molecular weight is 468 g/mol. The summed E-state index contributed by atoms with van der Waals surface area (Å²) in [7, 11) is 0. The van der Waals surface area contributed by atoms with Crippen LogP contribution in [0.1, 0.15) is 41.6 Å². The summed E-state index contributed by atoms with van der Waals surface area (Å²) in [5.41, 5.74) is 3.17. The number of carboxylic acids is 1. The molecule has 2 saturated carbocycles. The fourth-order valence-electron chi connectivity index (χ4n) is 4.99. The zero-order valence-corrected chi connectivity index (χ0v) is 19.1. The van der Waals surface area contributed by atoms with Crippen LogP contribution in [-0.2, 0) is 4.79 Å². The third-order valence-electron chi connectivity index (χ3n) is 7.22. The van der Waals surface area contributed by atoms with E-state index in [-0.39, 0.29) is 40.7 Å². The van der Waals surface area contributed by atoms with Crippen LogP contribution < -0.4 is 10.7 Å². The minimum Gasteiger partial charge on any atom is -0.481 e. The third kappa shape index (κ3) is 4.07. The number of carboxylic acid groups (broad SMARTS) is 1. The Balaban J connectivity index is 1.34. The Hall–Kier alpha value is -4.00. The maximum Gasteiger partial charge on any atom is 0.306 e. The fraction of sp³-hybridized carbons (Fsp3) is 0.286. The molecule has 3 unspecified atom stereocenters. The Bertz CT molecular complexity index is 1480. The number of benzene rings is 1. The summed E-state index contributed by atoms with van der Waals surface area (Å²) in [6.07, 6.45) is 13.1. The molecule has 0 spiro atoms. The molecule has 3 atom stereocenters. The van der Waals surface area contributed by atoms with Gasteiger partial charge >= 0.3 is 5.97 Å². The molecule has 0 radical (unpaired) electrons. The van der Waals surface area contributed by atoms with Crippen molar-refractivity contribution in [1.29, 1.82) is 0 Å². The largest absolute Gasteiger partial charge is 0.481 e. The van der Waals surface area contributed by atoms with Gasteiger partial charge in [-0.3, -0.25) is 14.4 Å². The second kappa shape index (κ2) is 8.34. The van der Waals surface area contributed by atoms with Crippen LogP contribution in [0.15, 0.2) is 71.8 Å². The van der Waals surface area contributed by atoms with Crippen LogP contribution >= 0.6 is 0 Å². The first kappa shape index (κ1) is 21.5. The molecule has 3 aliphatic carbocycles. The molecule has 0 bridgehead atoms. The number of rotatable bonds is 6. The van der Waals surface area contributed by atoms with E-state index in [2.05, 4.69) is 28.5 Å². The van der Waals surface area contributed by atoms with Gasteiger partial charge in [-0.05, 0) is 72.9 Å². The van der Waals surface area contributed by atoms with Gasteiger partial charge in [0.2, 0.25) is 5.43 Å². The number of nitrogens with one attached hydrogen (secondary N) is 1. The van der Waals surface area contributed by atoms with Crippen molar-refractivity contribution >= 4 is 28.5 Å². The molecule has 1 aromatic carbocycles. The van der Waals surface area contributed by atoms with Crippen LogP contribution in [0.4, 0.5) is 0 Å². The minimum atomic E-state index is -0.696. The Labute approximate surface area is 201 Å². The number of pyridine rings is 2. The SMILES string of the molecule is O=C(NC1CC1)c1cn(-c2cccc(C3=CCC(C4CC4C(=O)O)C=C3)c2)c2ncccc2c1=O. The topological polar surface area (TPSA) is 101 Å². The lowest BCUT2D eigenvalue weighted by molar-refractivity contribution is -0.139. The maximum atomic E-state index is 13.1. The van der Waals surface area contributed by atoms with Crippen molar-refractivity contribution in [3.63, 3.8) is 0 Å². The molecule has 3 aliphatic rings. The summed E-state index contributed by atoms with van der Waals surface area (Å²) in [5.74, 6) is -0.764. The average Bonchev–Trinajstić information content (AvgIpc) is 3.80. The molecule has 3 aromatic rings. The van der Waals surface area contributed by atoms with Gasteiger partial charge in [0.15, 0.2) is 0 Å². The number of carbonyl (C=O) groups is 2. The first-order valence-corrected chi connectivity index (χ1v) is 12.0. The lowest BCUT2D eigenvalue weighted by atomic mass is 9.89. The van der Waals surface area contributed by atoms with E-state index in [1.165, 1.54) is 0 Å². The lowest BCUT2D eigenvalue weighted by Crippen LogP contribution is -2.31. The van der Waals surface area contributed by atoms with Crippen molar-refractivity contribution in [2.75, 3.05) is 0 Å². The molecule has 7 nitrogen and oxygen atoms in total. The molecule has 2 heterocycles. The summed E-state index contributed by atoms with van der Waals surface area (Å²) >= 11 is 0. The highest BCUT2D eigenvalue weighted by atomic mass is 16.4. The normalized spacial score (nSPS) is 23.1. The molecular weight excluding hydrogens is 442 g/mol. The van der Waals surface area contributed by atoms with Crippen molar-refractivity contribution < 1.29 is 14.7 Å². The van der Waals surface area contributed by atoms with E-state index < -0.39 is 5.97 Å². The van der Waals surface area contributed by atoms with Gasteiger partial charge in [0.1, 0.15) is 11.2 Å². The molecule has 2 fully saturated rings. The Morgan fingerprint density at radius 3 is 2.71 bits per heavy atom. The number of amides is 1. The second-order valence-electron chi connectivity index (χ2n) is 9.68. The number of nitrogens with zero attached hydrogens (tertiary/aromatic N) is 2. The monoisotopic (exact) mass is 467 g/mol. The molecule has 0 saturated heterocycles. The summed E-state index contributed by atoms with van der Waals surface area (Å²) in [5, 5.41) is 12.5. The van der Waals surface area contributed by atoms with Crippen molar-refractivity contribution in [1.82, 2.24) is 14.9 Å². The van der Waals surface area contributed by atoms with Crippen LogP contribution in [0.2, 0.25) is 0 Å². The van der Waals surface area contributed by atoms with Crippen molar-refractivity contribution in [3.05, 3.63) is 88.4 Å². The number of aliphatic carboxylic acids is 1. The molecule has 1 amide bonds. The highest BCUT2D eigenvalue weighted by molar-refractivity contribution is 5.97. The predicted octanol–water partition coefficient (Wildman–Crippen LogP) is 3.96. The van der Waals surface area contributed by atoms with Crippen molar-refractivity contribution in [2.45, 2.75) is 31.7 Å². The molecule has 2 aromatic heterocycles. The third-order valence-corrected chi connectivity index (χ3v) is 7.22. The highest BCUT2D eigenvalue weighted by Gasteiger charge is 2.46. The van der Waals surface area contributed by atoms with Crippen LogP contribution in [0.25, 0.3) is 22.3 Å². The van der Waals surface area contributed by atoms with Gasteiger partial charge in [-0.25, -0.2) is 4.98 Å². The van der Waals surface area contributed by atoms with Crippen LogP contribution in [0, 0.1) is 17.8 Å². The predicted molar refractivity (Wildman–Crippen MR) is 132 cm³/mol. The first-order valence-electron chi connectivity index (χ1n) is 12.0. The molecule has 35 heavy (non-hydrogen) atoms. The fourth-order valence-corrected chi connectivity index (χ4v) is 4.99. The molecule has 2 N–H and O–H groups in total. The van der Waals surface area contributed by atoms with Gasteiger partial charge < -0.3 is 15.0 Å². The van der Waals surface area contributed by atoms with E-state index in [1.54, 1.807) is 29.1 Å². The van der Waals surface area contributed by atoms with E-state index in [0.717, 1.165) is 42.5 Å². The smallest absolute Gasteiger partial charge is 0.306 e. The Morgan fingerprint density at radius 1 is 1.14 bits per heavy atom. The Kier molecular flexibility index (Phi) is 5.13. The van der Waals surface area contributed by atoms with Crippen molar-refractivity contribution in [3.8, 4) is 5.69 Å². The second-order valence-corrected chi connectivity index (χ2v) is 9.68. The van der Waals surface area contributed by atoms with E-state index >= 15 is 0 Å². The number of hydrogen-bond acceptors (Lipinski definition) is 4. The number of allylic oxidation sites excluding steroid dienone is 4. The number of aromatic nitrogens is 2. The number of fused-ring (bicyclic) bond motifs is 1. The van der Waals surface area contributed by atoms with Gasteiger partial charge in [0, 0.05) is 24.1 Å². The lowest BCUT2D eigenvalue weighted by Gasteiger charge is -2.17. The van der Waals surface area contributed by atoms with Crippen molar-refractivity contribution in [2.24, 2.45) is 17.8 Å². The van der Waals surface area contributed by atoms with Gasteiger partial charge in [-0.15, -0.1) is 0 Å². The van der Waals surface area contributed by atoms with Gasteiger partial charge in [0.25, 0.3) is 5.91 Å². The molecule has 176 valence electrons. The van der Waals surface area contributed by atoms with E-state index in [0.29, 0.717) is 11.0 Å². The zero-order chi connectivity index (χ0) is 24.1. The quantitative estimate of drug-likeness (QED) is 0.572. The Morgan fingerprint density at radius 2 is 2.00 bits per heavy atom. The standard InChI is InChI=1S/C28H25N3O4/c32-25-21-5-2-12-29-26(21)31(15-24(25)27(33)30-19-10-11-19)20-4-1-3-18(13-20)16-6-8-17(9-7-16)22-14-23(22)28(34)35/h1-8,12-13,15,17,19,22-23H,9-11,14H2,(H,30,33)(H,34,35). The van der Waals surface area contributed by atoms with Crippen LogP contribution in [0.5, 0.6) is 0 Å². The van der Waals surface area contributed by atoms with Gasteiger partial charge in [0.05, 0.1) is 11.3 Å². The van der Waals surface area contributed by atoms with E-state index in [4.69, 9.17) is 0 Å². The molecule has 0 aliphatic heterocycles. The van der Waals surface area contributed by atoms with Gasteiger partial charge in [-0.2, -0.15) is 0 Å². The van der Waals surface area contributed by atoms with Crippen LogP contribution in [-0.4, -0.2) is 32.6 Å². The highest BCUT2D eigenvalue weighted by Crippen LogP contribution is 2.47. The van der Waals surface area contributed by atoms with E-state index in [9.17, 15) is 19.5 Å². The molecule has 6 rings (SSSR count). The minimum absolute atomic E-state index is 0.111. The number of hydrogen-bond donors (Lipinski definition) is 2. The first-order chi connectivity index (χ1) is 17.0. The maximum absolute atomic E-state index is 13.1. The molecular formula is C28H25N3O4.